The fourth-order valence-electron chi connectivity index (χ4n) is 6.26. The van der Waals surface area contributed by atoms with Crippen molar-refractivity contribution in [3.05, 3.63) is 22.8 Å². The SMILES string of the molecule is CC1=CC[C@@H]2C(=O)[C@H]1C1=C2[C@]2(C)CCC(=O)C(C)(C)[C@H]2CC1. The predicted octanol–water partition coefficient (Wildman–Crippen LogP) is 4.25. The van der Waals surface area contributed by atoms with Crippen molar-refractivity contribution in [2.75, 3.05) is 0 Å². The molecule has 4 aliphatic carbocycles. The number of rotatable bonds is 0. The summed E-state index contributed by atoms with van der Waals surface area (Å²) in [5.41, 5.74) is 3.96. The Morgan fingerprint density at radius 1 is 1.14 bits per heavy atom. The Hall–Kier alpha value is -1.18. The number of hydrogen-bond acceptors (Lipinski definition) is 2. The molecule has 0 aromatic carbocycles. The van der Waals surface area contributed by atoms with Crippen molar-refractivity contribution in [1.29, 1.82) is 0 Å². The van der Waals surface area contributed by atoms with Gasteiger partial charge < -0.3 is 0 Å². The zero-order valence-corrected chi connectivity index (χ0v) is 14.2. The lowest BCUT2D eigenvalue weighted by Crippen LogP contribution is -2.50. The maximum atomic E-state index is 12.9. The zero-order valence-electron chi connectivity index (χ0n) is 14.2. The smallest absolute Gasteiger partial charge is 0.151 e. The van der Waals surface area contributed by atoms with Crippen molar-refractivity contribution in [2.24, 2.45) is 28.6 Å². The van der Waals surface area contributed by atoms with E-state index in [1.807, 2.05) is 0 Å². The minimum atomic E-state index is -0.242. The lowest BCUT2D eigenvalue weighted by molar-refractivity contribution is -0.139. The maximum Gasteiger partial charge on any atom is 0.151 e. The van der Waals surface area contributed by atoms with Gasteiger partial charge in [-0.15, -0.1) is 0 Å². The molecule has 0 aliphatic heterocycles. The van der Waals surface area contributed by atoms with Crippen LogP contribution < -0.4 is 0 Å². The van der Waals surface area contributed by atoms with Crippen molar-refractivity contribution in [3.8, 4) is 0 Å². The highest BCUT2D eigenvalue weighted by atomic mass is 16.1. The van der Waals surface area contributed by atoms with Crippen LogP contribution in [0.15, 0.2) is 22.8 Å². The minimum absolute atomic E-state index is 0.0541. The third-order valence-electron chi connectivity index (χ3n) is 7.35. The Kier molecular flexibility index (Phi) is 2.76. The highest BCUT2D eigenvalue weighted by Crippen LogP contribution is 2.64. The van der Waals surface area contributed by atoms with Crippen molar-refractivity contribution in [3.63, 3.8) is 0 Å². The van der Waals surface area contributed by atoms with Gasteiger partial charge in [-0.05, 0) is 43.9 Å². The first-order valence-corrected chi connectivity index (χ1v) is 8.75. The van der Waals surface area contributed by atoms with Crippen LogP contribution in [0.3, 0.4) is 0 Å². The summed E-state index contributed by atoms with van der Waals surface area (Å²) in [7, 11) is 0. The predicted molar refractivity (Wildman–Crippen MR) is 86.2 cm³/mol. The first-order valence-electron chi connectivity index (χ1n) is 8.75. The van der Waals surface area contributed by atoms with Crippen LogP contribution in [0.1, 0.15) is 59.8 Å². The molecule has 0 radical (unpaired) electrons. The topological polar surface area (TPSA) is 34.1 Å². The molecule has 0 aromatic heterocycles. The van der Waals surface area contributed by atoms with Gasteiger partial charge in [0.05, 0.1) is 5.92 Å². The van der Waals surface area contributed by atoms with Gasteiger partial charge in [0.2, 0.25) is 0 Å². The fraction of sp³-hybridized carbons (Fsp3) is 0.700. The fourth-order valence-corrected chi connectivity index (χ4v) is 6.26. The Labute approximate surface area is 133 Å². The monoisotopic (exact) mass is 298 g/mol. The summed E-state index contributed by atoms with van der Waals surface area (Å²) in [5.74, 6) is 1.45. The summed E-state index contributed by atoms with van der Waals surface area (Å²) in [6, 6.07) is 0. The summed E-state index contributed by atoms with van der Waals surface area (Å²) >= 11 is 0. The van der Waals surface area contributed by atoms with E-state index in [4.69, 9.17) is 0 Å². The molecule has 0 unspecified atom stereocenters. The van der Waals surface area contributed by atoms with Gasteiger partial charge in [0.25, 0.3) is 0 Å². The number of ketones is 2. The number of allylic oxidation sites excluding steroid dienone is 4. The van der Waals surface area contributed by atoms with Gasteiger partial charge in [-0.3, -0.25) is 9.59 Å². The molecule has 0 amide bonds. The van der Waals surface area contributed by atoms with Crippen LogP contribution in [0.2, 0.25) is 0 Å². The third kappa shape index (κ3) is 1.51. The number of carbonyl (C=O) groups excluding carboxylic acids is 2. The molecule has 4 atom stereocenters. The second kappa shape index (κ2) is 4.21. The second-order valence-corrected chi connectivity index (χ2v) is 8.66. The van der Waals surface area contributed by atoms with Crippen molar-refractivity contribution >= 4 is 11.6 Å². The van der Waals surface area contributed by atoms with Crippen molar-refractivity contribution in [2.45, 2.75) is 59.8 Å². The Balaban J connectivity index is 1.86. The van der Waals surface area contributed by atoms with Crippen molar-refractivity contribution in [1.82, 2.24) is 0 Å². The average molecular weight is 298 g/mol. The molecular formula is C20H26O2. The van der Waals surface area contributed by atoms with E-state index in [1.54, 1.807) is 0 Å². The highest BCUT2D eigenvalue weighted by Gasteiger charge is 2.59. The molecule has 1 saturated carbocycles. The molecule has 2 bridgehead atoms. The first-order chi connectivity index (χ1) is 10.3. The largest absolute Gasteiger partial charge is 0.299 e. The minimum Gasteiger partial charge on any atom is -0.299 e. The molecule has 4 rings (SSSR count). The lowest BCUT2D eigenvalue weighted by Gasteiger charge is -2.54. The van der Waals surface area contributed by atoms with Gasteiger partial charge in [0, 0.05) is 17.8 Å². The molecule has 2 nitrogen and oxygen atoms in total. The van der Waals surface area contributed by atoms with Crippen LogP contribution in [0, 0.1) is 28.6 Å². The molecular weight excluding hydrogens is 272 g/mol. The van der Waals surface area contributed by atoms with E-state index in [0.717, 1.165) is 25.7 Å². The van der Waals surface area contributed by atoms with Gasteiger partial charge in [-0.2, -0.15) is 0 Å². The maximum absolute atomic E-state index is 12.9. The van der Waals surface area contributed by atoms with Gasteiger partial charge in [0.15, 0.2) is 5.78 Å². The Morgan fingerprint density at radius 3 is 2.59 bits per heavy atom. The zero-order chi connectivity index (χ0) is 15.9. The third-order valence-corrected chi connectivity index (χ3v) is 7.35. The van der Waals surface area contributed by atoms with Crippen molar-refractivity contribution < 1.29 is 9.59 Å². The summed E-state index contributed by atoms with van der Waals surface area (Å²) in [4.78, 5) is 25.3. The average Bonchev–Trinajstić information content (AvgIpc) is 2.63. The normalized spacial score (nSPS) is 42.9. The molecule has 0 spiro atoms. The van der Waals surface area contributed by atoms with E-state index in [2.05, 4.69) is 33.8 Å². The van der Waals surface area contributed by atoms with E-state index in [0.29, 0.717) is 23.9 Å². The standard InChI is InChI=1S/C20H26O2/c1-11-5-6-13-17-12(16(11)18(13)22)7-8-14-19(2,3)15(21)9-10-20(14,17)4/h5,13-14,16H,6-10H2,1-4H3/t13-,14+,16+,20+/m0/s1. The molecule has 0 saturated heterocycles. The van der Waals surface area contributed by atoms with E-state index >= 15 is 0 Å². The molecule has 1 fully saturated rings. The number of hydrogen-bond donors (Lipinski definition) is 0. The van der Waals surface area contributed by atoms with Crippen LogP contribution >= 0.6 is 0 Å². The summed E-state index contributed by atoms with van der Waals surface area (Å²) in [6.07, 6.45) is 6.87. The summed E-state index contributed by atoms with van der Waals surface area (Å²) < 4.78 is 0. The van der Waals surface area contributed by atoms with E-state index in [1.165, 1.54) is 16.7 Å². The summed E-state index contributed by atoms with van der Waals surface area (Å²) in [6.45, 7) is 8.74. The van der Waals surface area contributed by atoms with Gasteiger partial charge in [-0.25, -0.2) is 0 Å². The lowest BCUT2D eigenvalue weighted by atomic mass is 9.49. The number of Topliss-reactive ketones (excluding diaryl/α,β-unsaturated/α-hetero) is 2. The molecule has 2 heteroatoms. The number of fused-ring (bicyclic) bond motifs is 6. The van der Waals surface area contributed by atoms with Gasteiger partial charge in [-0.1, -0.05) is 43.6 Å². The van der Waals surface area contributed by atoms with Crippen LogP contribution in [-0.4, -0.2) is 11.6 Å². The quantitative estimate of drug-likeness (QED) is 0.626. The van der Waals surface area contributed by atoms with Crippen LogP contribution in [-0.2, 0) is 9.59 Å². The Morgan fingerprint density at radius 2 is 1.86 bits per heavy atom. The molecule has 118 valence electrons. The summed E-state index contributed by atoms with van der Waals surface area (Å²) in [5, 5.41) is 0. The van der Waals surface area contributed by atoms with Crippen LogP contribution in [0.5, 0.6) is 0 Å². The highest BCUT2D eigenvalue weighted by molar-refractivity contribution is 5.97. The van der Waals surface area contributed by atoms with Crippen LogP contribution in [0.4, 0.5) is 0 Å². The Bertz CT molecular complexity index is 649. The number of carbonyl (C=O) groups is 2. The second-order valence-electron chi connectivity index (χ2n) is 8.66. The first kappa shape index (κ1) is 14.4. The molecule has 0 heterocycles. The van der Waals surface area contributed by atoms with Crippen LogP contribution in [0.25, 0.3) is 0 Å². The molecule has 0 aromatic rings. The molecule has 4 aliphatic rings. The molecule has 0 N–H and O–H groups in total. The van der Waals surface area contributed by atoms with Gasteiger partial charge >= 0.3 is 0 Å². The van der Waals surface area contributed by atoms with E-state index < -0.39 is 0 Å². The van der Waals surface area contributed by atoms with E-state index in [-0.39, 0.29) is 22.7 Å². The molecule has 22 heavy (non-hydrogen) atoms. The van der Waals surface area contributed by atoms with E-state index in [9.17, 15) is 9.59 Å². The van der Waals surface area contributed by atoms with Gasteiger partial charge in [0.1, 0.15) is 5.78 Å².